The van der Waals surface area contributed by atoms with E-state index in [4.69, 9.17) is 0 Å². The Balaban J connectivity index is 0.000000158. The molecule has 0 aliphatic rings. The lowest BCUT2D eigenvalue weighted by molar-refractivity contribution is -0.904. The van der Waals surface area contributed by atoms with E-state index in [1.54, 1.807) is 47.5 Å². The van der Waals surface area contributed by atoms with Gasteiger partial charge in [0.05, 0.1) is 11.4 Å². The van der Waals surface area contributed by atoms with Gasteiger partial charge in [-0.25, -0.2) is 9.97 Å². The number of thiazole rings is 2. The zero-order valence-electron chi connectivity index (χ0n) is 21.4. The van der Waals surface area contributed by atoms with E-state index in [1.807, 2.05) is 59.3 Å². The average molecular weight is 552 g/mol. The highest BCUT2D eigenvalue weighted by Crippen LogP contribution is 2.28. The monoisotopic (exact) mass is 551 g/mol. The smallest absolute Gasteiger partial charge is 0.222 e. The molecule has 0 saturated carbocycles. The highest BCUT2D eigenvalue weighted by molar-refractivity contribution is 7.14. The number of rotatable bonds is 6. The van der Waals surface area contributed by atoms with E-state index in [1.165, 1.54) is 11.1 Å². The van der Waals surface area contributed by atoms with Gasteiger partial charge in [-0.2, -0.15) is 0 Å². The number of aromatic nitrogens is 4. The highest BCUT2D eigenvalue weighted by Gasteiger charge is 2.07. The van der Waals surface area contributed by atoms with E-state index in [0.29, 0.717) is 0 Å². The second-order valence-electron chi connectivity index (χ2n) is 8.77. The van der Waals surface area contributed by atoms with Crippen LogP contribution in [0.3, 0.4) is 0 Å². The lowest BCUT2D eigenvalue weighted by Crippen LogP contribution is -2.27. The molecule has 0 aliphatic heterocycles. The third-order valence-corrected chi connectivity index (χ3v) is 7.15. The predicted octanol–water partition coefficient (Wildman–Crippen LogP) is 7.64. The third-order valence-electron chi connectivity index (χ3n) is 5.63. The van der Waals surface area contributed by atoms with Gasteiger partial charge in [-0.3, -0.25) is 10.2 Å². The Hall–Kier alpha value is -4.60. The van der Waals surface area contributed by atoms with Gasteiger partial charge in [-0.1, -0.05) is 24.3 Å². The zero-order valence-corrected chi connectivity index (χ0v) is 23.1. The van der Waals surface area contributed by atoms with Gasteiger partial charge in [0.15, 0.2) is 10.3 Å². The number of hydrogen-bond donors (Lipinski definition) is 3. The molecule has 39 heavy (non-hydrogen) atoms. The third kappa shape index (κ3) is 7.25. The number of hydrogen-bond acceptors (Lipinski definition) is 8. The van der Waals surface area contributed by atoms with Crippen LogP contribution in [0.25, 0.3) is 22.5 Å². The second-order valence-corrected chi connectivity index (χ2v) is 10.5. The van der Waals surface area contributed by atoms with Gasteiger partial charge < -0.3 is 10.6 Å². The molecule has 4 aromatic heterocycles. The van der Waals surface area contributed by atoms with E-state index in [-0.39, 0.29) is 0 Å². The fourth-order valence-electron chi connectivity index (χ4n) is 3.73. The van der Waals surface area contributed by atoms with Crippen molar-refractivity contribution in [3.05, 3.63) is 119 Å². The molecule has 0 aliphatic carbocycles. The molecule has 194 valence electrons. The van der Waals surface area contributed by atoms with Gasteiger partial charge >= 0.3 is 0 Å². The van der Waals surface area contributed by atoms with Crippen LogP contribution < -0.4 is 15.4 Å². The predicted molar refractivity (Wildman–Crippen MR) is 159 cm³/mol. The lowest BCUT2D eigenvalue weighted by Gasteiger charge is -2.02. The van der Waals surface area contributed by atoms with Gasteiger partial charge in [-0.05, 0) is 61.4 Å². The highest BCUT2D eigenvalue weighted by atomic mass is 32.1. The van der Waals surface area contributed by atoms with Crippen molar-refractivity contribution in [2.45, 2.75) is 13.8 Å². The Labute approximate surface area is 235 Å². The molecule has 0 unspecified atom stereocenters. The van der Waals surface area contributed by atoms with Crippen molar-refractivity contribution in [1.82, 2.24) is 15.0 Å². The van der Waals surface area contributed by atoms with E-state index >= 15 is 0 Å². The summed E-state index contributed by atoms with van der Waals surface area (Å²) in [6, 6.07) is 24.0. The molecule has 0 fully saturated rings. The average Bonchev–Trinajstić information content (AvgIpc) is 3.60. The van der Waals surface area contributed by atoms with Crippen LogP contribution in [0.5, 0.6) is 0 Å². The van der Waals surface area contributed by atoms with Crippen LogP contribution in [-0.4, -0.2) is 20.2 Å². The van der Waals surface area contributed by atoms with Crippen LogP contribution in [0.2, 0.25) is 0 Å². The number of nitrogens with one attached hydrogen (secondary N) is 2. The molecule has 0 saturated heterocycles. The van der Waals surface area contributed by atoms with Crippen molar-refractivity contribution in [3.8, 4) is 22.5 Å². The molecule has 0 radical (unpaired) electrons. The molecular formula is C30H27N6OS2+. The van der Waals surface area contributed by atoms with E-state index < -0.39 is 0 Å². The van der Waals surface area contributed by atoms with Crippen molar-refractivity contribution in [2.75, 3.05) is 10.6 Å². The summed E-state index contributed by atoms with van der Waals surface area (Å²) in [5, 5.41) is 21.6. The Morgan fingerprint density at radius 1 is 0.667 bits per heavy atom. The van der Waals surface area contributed by atoms with Crippen LogP contribution in [0, 0.1) is 13.8 Å². The molecule has 0 atom stereocenters. The molecule has 0 spiro atoms. The number of benzene rings is 2. The molecule has 9 heteroatoms. The van der Waals surface area contributed by atoms with Crippen molar-refractivity contribution in [2.24, 2.45) is 0 Å². The number of nitrogens with zero attached hydrogens (tertiary/aromatic N) is 4. The Bertz CT molecular complexity index is 1650. The fourth-order valence-corrected chi connectivity index (χ4v) is 5.21. The largest absolute Gasteiger partial charge is 0.332 e. The maximum atomic E-state index is 9.22. The van der Waals surface area contributed by atoms with Gasteiger partial charge in [0.25, 0.3) is 0 Å². The standard InChI is InChI=1S/C15H14N3OS.C15H13N3S/c1-11-3-2-4-13(9-11)16-15-17-14(10-20-15)12-5-7-18(19)8-6-12;1-11-3-2-4-13(9-11)17-15-18-14(10-19-15)12-5-7-16-8-6-12/h2-10,19H,1H3,(H,16,17);2-10H,1H3,(H,17,18)/q+1;. The molecule has 7 nitrogen and oxygen atoms in total. The minimum absolute atomic E-state index is 0.853. The SMILES string of the molecule is Cc1cccc(Nc2nc(-c3cc[n+](O)cc3)cs2)c1.Cc1cccc(Nc2nc(-c3ccncc3)cs2)c1. The first kappa shape index (κ1) is 26.0. The van der Waals surface area contributed by atoms with Gasteiger partial charge in [-0.15, -0.1) is 22.7 Å². The molecule has 0 amide bonds. The number of pyridine rings is 2. The molecule has 6 rings (SSSR count). The molecule has 4 heterocycles. The zero-order chi connectivity index (χ0) is 27.0. The summed E-state index contributed by atoms with van der Waals surface area (Å²) in [5.41, 5.74) is 8.47. The summed E-state index contributed by atoms with van der Waals surface area (Å²) >= 11 is 3.16. The van der Waals surface area contributed by atoms with Crippen molar-refractivity contribution >= 4 is 44.3 Å². The van der Waals surface area contributed by atoms with Gasteiger partial charge in [0, 0.05) is 62.5 Å². The van der Waals surface area contributed by atoms with Crippen LogP contribution >= 0.6 is 22.7 Å². The van der Waals surface area contributed by atoms with Crippen LogP contribution in [0.15, 0.2) is 108 Å². The van der Waals surface area contributed by atoms with E-state index in [9.17, 15) is 5.21 Å². The summed E-state index contributed by atoms with van der Waals surface area (Å²) in [4.78, 5) is 13.2. The maximum absolute atomic E-state index is 9.22. The second kappa shape index (κ2) is 12.3. The maximum Gasteiger partial charge on any atom is 0.222 e. The van der Waals surface area contributed by atoms with Gasteiger partial charge in [0.2, 0.25) is 12.4 Å². The molecule has 0 bridgehead atoms. The fraction of sp³-hybridized carbons (Fsp3) is 0.0667. The first-order valence-corrected chi connectivity index (χ1v) is 14.0. The summed E-state index contributed by atoms with van der Waals surface area (Å²) in [5.74, 6) is 0. The summed E-state index contributed by atoms with van der Waals surface area (Å²) in [7, 11) is 0. The minimum Gasteiger partial charge on any atom is -0.332 e. The van der Waals surface area contributed by atoms with Crippen molar-refractivity contribution < 1.29 is 9.94 Å². The topological polar surface area (TPSA) is 86.8 Å². The molecule has 3 N–H and O–H groups in total. The summed E-state index contributed by atoms with van der Waals surface area (Å²) < 4.78 is 1.02. The summed E-state index contributed by atoms with van der Waals surface area (Å²) in [6.07, 6.45) is 6.73. The summed E-state index contributed by atoms with van der Waals surface area (Å²) in [6.45, 7) is 4.14. The minimum atomic E-state index is 0.853. The first-order chi connectivity index (χ1) is 19.0. The van der Waals surface area contributed by atoms with Crippen LogP contribution in [-0.2, 0) is 0 Å². The molecule has 2 aromatic carbocycles. The quantitative estimate of drug-likeness (QED) is 0.146. The van der Waals surface area contributed by atoms with E-state index in [2.05, 4.69) is 63.7 Å². The lowest BCUT2D eigenvalue weighted by atomic mass is 10.2. The van der Waals surface area contributed by atoms with Crippen molar-refractivity contribution in [3.63, 3.8) is 0 Å². The first-order valence-electron chi connectivity index (χ1n) is 12.2. The van der Waals surface area contributed by atoms with Crippen molar-refractivity contribution in [1.29, 1.82) is 0 Å². The Morgan fingerprint density at radius 2 is 1.15 bits per heavy atom. The van der Waals surface area contributed by atoms with Crippen LogP contribution in [0.1, 0.15) is 11.1 Å². The number of anilines is 4. The Kier molecular flexibility index (Phi) is 8.20. The Morgan fingerprint density at radius 3 is 1.64 bits per heavy atom. The van der Waals surface area contributed by atoms with Gasteiger partial charge in [0.1, 0.15) is 0 Å². The molecular weight excluding hydrogens is 525 g/mol. The molecule has 6 aromatic rings. The van der Waals surface area contributed by atoms with Crippen LogP contribution in [0.4, 0.5) is 21.6 Å². The van der Waals surface area contributed by atoms with E-state index in [0.717, 1.165) is 48.9 Å². The number of aryl methyl sites for hydroxylation is 2. The normalized spacial score (nSPS) is 10.4.